The number of halogens is 1. The number of nitrogens with zero attached hydrogens (tertiary/aromatic N) is 1. The number of amides is 1. The molecule has 0 atom stereocenters. The van der Waals surface area contributed by atoms with Crippen LogP contribution in [-0.2, 0) is 24.4 Å². The molecule has 1 aliphatic rings. The number of ether oxygens (including phenoxy) is 1. The van der Waals surface area contributed by atoms with Crippen LogP contribution in [0.1, 0.15) is 37.5 Å². The molecule has 1 heterocycles. The lowest BCUT2D eigenvalue weighted by Gasteiger charge is -2.24. The Labute approximate surface area is 122 Å². The molecule has 0 saturated heterocycles. The van der Waals surface area contributed by atoms with Crippen molar-refractivity contribution >= 4 is 22.0 Å². The second-order valence-corrected chi connectivity index (χ2v) is 6.61. The molecule has 4 nitrogen and oxygen atoms in total. The summed E-state index contributed by atoms with van der Waals surface area (Å²) in [5.41, 5.74) is 8.55. The number of benzene rings is 1. The van der Waals surface area contributed by atoms with E-state index < -0.39 is 5.60 Å². The van der Waals surface area contributed by atoms with E-state index in [1.165, 1.54) is 0 Å². The summed E-state index contributed by atoms with van der Waals surface area (Å²) in [6.45, 7) is 7.27. The smallest absolute Gasteiger partial charge is 0.410 e. The summed E-state index contributed by atoms with van der Waals surface area (Å²) in [6.07, 6.45) is -0.273. The molecular weight excluding hydrogens is 308 g/mol. The zero-order valence-corrected chi connectivity index (χ0v) is 13.1. The normalized spacial score (nSPS) is 14.5. The predicted octanol–water partition coefficient (Wildman–Crippen LogP) is 3.16. The van der Waals surface area contributed by atoms with Crippen LogP contribution in [-0.4, -0.2) is 16.6 Å². The molecule has 1 amide bonds. The Morgan fingerprint density at radius 1 is 1.42 bits per heavy atom. The van der Waals surface area contributed by atoms with E-state index in [-0.39, 0.29) is 6.09 Å². The summed E-state index contributed by atoms with van der Waals surface area (Å²) in [7, 11) is 0. The number of carbonyl (C=O) groups excluding carboxylic acids is 1. The van der Waals surface area contributed by atoms with Gasteiger partial charge in [-0.1, -0.05) is 22.0 Å². The highest BCUT2D eigenvalue weighted by Crippen LogP contribution is 2.31. The topological polar surface area (TPSA) is 55.6 Å². The Kier molecular flexibility index (Phi) is 3.87. The molecule has 0 bridgehead atoms. The highest BCUT2D eigenvalue weighted by Gasteiger charge is 2.29. The van der Waals surface area contributed by atoms with Gasteiger partial charge < -0.3 is 10.5 Å². The molecule has 0 radical (unpaired) electrons. The minimum Gasteiger partial charge on any atom is -0.444 e. The monoisotopic (exact) mass is 326 g/mol. The van der Waals surface area contributed by atoms with Crippen molar-refractivity contribution in [2.45, 2.75) is 46.0 Å². The molecule has 1 aromatic rings. The van der Waals surface area contributed by atoms with Crippen molar-refractivity contribution in [2.75, 3.05) is 0 Å². The fourth-order valence-corrected chi connectivity index (χ4v) is 2.77. The number of hydrogen-bond acceptors (Lipinski definition) is 3. The van der Waals surface area contributed by atoms with E-state index in [4.69, 9.17) is 10.5 Å². The maximum atomic E-state index is 12.1. The van der Waals surface area contributed by atoms with Gasteiger partial charge in [0.2, 0.25) is 0 Å². The van der Waals surface area contributed by atoms with E-state index >= 15 is 0 Å². The first-order valence-electron chi connectivity index (χ1n) is 6.28. The van der Waals surface area contributed by atoms with E-state index in [0.717, 1.165) is 21.2 Å². The van der Waals surface area contributed by atoms with E-state index in [9.17, 15) is 4.79 Å². The molecule has 0 aromatic heterocycles. The van der Waals surface area contributed by atoms with Crippen molar-refractivity contribution < 1.29 is 9.53 Å². The maximum Gasteiger partial charge on any atom is 0.410 e. The fourth-order valence-electron chi connectivity index (χ4n) is 2.10. The summed E-state index contributed by atoms with van der Waals surface area (Å²) in [5.74, 6) is 0. The Bertz CT molecular complexity index is 509. The summed E-state index contributed by atoms with van der Waals surface area (Å²) < 4.78 is 6.41. The van der Waals surface area contributed by atoms with Gasteiger partial charge in [-0.3, -0.25) is 4.90 Å². The first-order valence-corrected chi connectivity index (χ1v) is 7.07. The summed E-state index contributed by atoms with van der Waals surface area (Å²) >= 11 is 3.54. The minimum atomic E-state index is -0.467. The van der Waals surface area contributed by atoms with Gasteiger partial charge in [0.05, 0.1) is 6.54 Å². The first-order chi connectivity index (χ1) is 8.80. The second-order valence-electron chi connectivity index (χ2n) is 5.76. The zero-order chi connectivity index (χ0) is 14.2. The minimum absolute atomic E-state index is 0.273. The van der Waals surface area contributed by atoms with Gasteiger partial charge in [-0.25, -0.2) is 4.79 Å². The first kappa shape index (κ1) is 14.3. The van der Waals surface area contributed by atoms with Gasteiger partial charge in [0.1, 0.15) is 5.60 Å². The average molecular weight is 327 g/mol. The Balaban J connectivity index is 2.16. The highest BCUT2D eigenvalue weighted by molar-refractivity contribution is 9.10. The fraction of sp³-hybridized carbons (Fsp3) is 0.500. The quantitative estimate of drug-likeness (QED) is 0.862. The van der Waals surface area contributed by atoms with Crippen LogP contribution in [0.4, 0.5) is 4.79 Å². The molecule has 104 valence electrons. The Morgan fingerprint density at radius 2 is 2.11 bits per heavy atom. The van der Waals surface area contributed by atoms with Crippen LogP contribution in [0.25, 0.3) is 0 Å². The van der Waals surface area contributed by atoms with Crippen LogP contribution in [0.5, 0.6) is 0 Å². The average Bonchev–Trinajstić information content (AvgIpc) is 2.71. The van der Waals surface area contributed by atoms with Crippen LogP contribution in [0.3, 0.4) is 0 Å². The van der Waals surface area contributed by atoms with Gasteiger partial charge in [0, 0.05) is 17.6 Å². The van der Waals surface area contributed by atoms with Crippen molar-refractivity contribution in [3.8, 4) is 0 Å². The molecule has 2 rings (SSSR count). The van der Waals surface area contributed by atoms with Crippen molar-refractivity contribution in [1.82, 2.24) is 4.90 Å². The molecule has 0 saturated carbocycles. The summed E-state index contributed by atoms with van der Waals surface area (Å²) in [6, 6.07) is 4.07. The maximum absolute atomic E-state index is 12.1. The molecule has 19 heavy (non-hydrogen) atoms. The third kappa shape index (κ3) is 3.28. The van der Waals surface area contributed by atoms with Gasteiger partial charge in [0.15, 0.2) is 0 Å². The van der Waals surface area contributed by atoms with Crippen LogP contribution >= 0.6 is 15.9 Å². The number of nitrogens with two attached hydrogens (primary N) is 1. The summed E-state index contributed by atoms with van der Waals surface area (Å²) in [4.78, 5) is 13.8. The Hall–Kier alpha value is -1.07. The van der Waals surface area contributed by atoms with E-state index in [0.29, 0.717) is 19.6 Å². The molecular formula is C14H19BrN2O2. The second kappa shape index (κ2) is 5.13. The molecule has 2 N–H and O–H groups in total. The Morgan fingerprint density at radius 3 is 2.68 bits per heavy atom. The van der Waals surface area contributed by atoms with Gasteiger partial charge in [-0.2, -0.15) is 0 Å². The molecule has 0 fully saturated rings. The van der Waals surface area contributed by atoms with E-state index in [1.807, 2.05) is 26.8 Å². The van der Waals surface area contributed by atoms with Crippen molar-refractivity contribution in [1.29, 1.82) is 0 Å². The molecule has 0 spiro atoms. The van der Waals surface area contributed by atoms with Crippen molar-refractivity contribution in [3.63, 3.8) is 0 Å². The number of carbonyl (C=O) groups is 1. The number of fused-ring (bicyclic) bond motifs is 1. The van der Waals surface area contributed by atoms with Gasteiger partial charge in [0.25, 0.3) is 0 Å². The SMILES string of the molecule is CC(C)(C)OC(=O)N1Cc2cc(CN)cc(Br)c2C1. The van der Waals surface area contributed by atoms with Crippen molar-refractivity contribution in [3.05, 3.63) is 33.3 Å². The van der Waals surface area contributed by atoms with E-state index in [1.54, 1.807) is 4.90 Å². The summed E-state index contributed by atoms with van der Waals surface area (Å²) in [5, 5.41) is 0. The third-order valence-corrected chi connectivity index (χ3v) is 3.65. The van der Waals surface area contributed by atoms with Gasteiger partial charge in [-0.05, 0) is 43.5 Å². The predicted molar refractivity (Wildman–Crippen MR) is 77.5 cm³/mol. The molecule has 1 aliphatic heterocycles. The van der Waals surface area contributed by atoms with Crippen LogP contribution in [0.2, 0.25) is 0 Å². The standard InChI is InChI=1S/C14H19BrN2O2/c1-14(2,3)19-13(18)17-7-10-4-9(6-16)5-12(15)11(10)8-17/h4-5H,6-8,16H2,1-3H3. The van der Waals surface area contributed by atoms with Crippen molar-refractivity contribution in [2.24, 2.45) is 5.73 Å². The third-order valence-electron chi connectivity index (χ3n) is 2.95. The lowest BCUT2D eigenvalue weighted by Crippen LogP contribution is -2.33. The molecule has 0 aliphatic carbocycles. The molecule has 5 heteroatoms. The highest BCUT2D eigenvalue weighted by atomic mass is 79.9. The van der Waals surface area contributed by atoms with Crippen LogP contribution in [0.15, 0.2) is 16.6 Å². The van der Waals surface area contributed by atoms with Gasteiger partial charge in [-0.15, -0.1) is 0 Å². The van der Waals surface area contributed by atoms with E-state index in [2.05, 4.69) is 22.0 Å². The molecule has 1 aromatic carbocycles. The van der Waals surface area contributed by atoms with Gasteiger partial charge >= 0.3 is 6.09 Å². The lowest BCUT2D eigenvalue weighted by atomic mass is 10.1. The largest absolute Gasteiger partial charge is 0.444 e. The number of hydrogen-bond donors (Lipinski definition) is 1. The van der Waals surface area contributed by atoms with Crippen LogP contribution < -0.4 is 5.73 Å². The lowest BCUT2D eigenvalue weighted by molar-refractivity contribution is 0.0241. The zero-order valence-electron chi connectivity index (χ0n) is 11.5. The number of rotatable bonds is 1. The van der Waals surface area contributed by atoms with Crippen LogP contribution in [0, 0.1) is 0 Å². The molecule has 0 unspecified atom stereocenters.